The summed E-state index contributed by atoms with van der Waals surface area (Å²) in [6.45, 7) is 12.9. The lowest BCUT2D eigenvalue weighted by molar-refractivity contribution is -0.138. The molecular formula is C84H110N12O13. The van der Waals surface area contributed by atoms with Crippen LogP contribution in [0.15, 0.2) is 182 Å². The molecule has 6 aromatic carbocycles. The number of aliphatic hydroxyl groups excluding tert-OH is 2. The van der Waals surface area contributed by atoms with Gasteiger partial charge in [0.25, 0.3) is 0 Å². The summed E-state index contributed by atoms with van der Waals surface area (Å²) in [5.41, 5.74) is 6.51. The Morgan fingerprint density at radius 3 is 0.963 bits per heavy atom. The molecule has 7 rings (SSSR count). The van der Waals surface area contributed by atoms with Gasteiger partial charge >= 0.3 is 0 Å². The number of amides is 11. The lowest BCUT2D eigenvalue weighted by Crippen LogP contribution is -2.62. The molecule has 0 spiro atoms. The SMILES string of the molecule is CCCCCCCC[C@H]1NC(=O)[C@@H](CC(C)C)NC(=O)[C@H]([C@@H](C)O)NC(=O)[C@@H](CC(C)C)NC(=O)[C@@H](CC(=O)NC(c2ccccc2)(c2ccccc2)c2ccccc2)NC(=O)[C@H](CC(=O)NC(c2ccccc2)(c2ccccc2)c2ccccc2)NC(=O)[C@H](C)NC(=O)[C@H]([C@@H](C)O)NC(=O)[C@H](CCCN)NC1=O. The molecule has 15 N–H and O–H groups in total. The first-order valence-corrected chi connectivity index (χ1v) is 38.0. The van der Waals surface area contributed by atoms with E-state index in [0.29, 0.717) is 46.2 Å². The van der Waals surface area contributed by atoms with Gasteiger partial charge in [-0.15, -0.1) is 0 Å². The number of unbranched alkanes of at least 4 members (excludes halogenated alkanes) is 5. The second-order valence-electron chi connectivity index (χ2n) is 29.0. The molecule has 0 radical (unpaired) electrons. The van der Waals surface area contributed by atoms with Gasteiger partial charge in [-0.1, -0.05) is 255 Å². The van der Waals surface area contributed by atoms with Crippen LogP contribution < -0.4 is 64.2 Å². The number of hydrogen-bond acceptors (Lipinski definition) is 14. The normalized spacial score (nSPS) is 21.3. The quantitative estimate of drug-likeness (QED) is 0.0206. The zero-order valence-electron chi connectivity index (χ0n) is 63.7. The van der Waals surface area contributed by atoms with Gasteiger partial charge < -0.3 is 74.4 Å². The van der Waals surface area contributed by atoms with Crippen molar-refractivity contribution in [1.82, 2.24) is 58.5 Å². The van der Waals surface area contributed by atoms with E-state index in [1.807, 2.05) is 91.0 Å². The second kappa shape index (κ2) is 42.2. The standard InChI is InChI=1S/C84H110N12O13/c1-9-10-11-12-13-32-46-64-75(102)87-65(47-33-48-85)76(103)93-72(56(7)97)81(108)86-55(6)74(101)89-68(51-70(99)95-83(58-34-20-14-21-35-58,59-36-22-15-23-37-59)60-38-24-16-25-39-60)78(105)91-69(52-71(100)96-84(61-40-26-17-27-41-61,62-42-28-18-29-43-62)63-44-30-19-31-45-63)79(106)90-67(50-54(4)5)80(107)94-73(57(8)98)82(109)92-66(49-53(2)3)77(104)88-64/h14-31,34-45,53-57,64-69,72-73,97-98H,9-13,32-33,46-52,85H2,1-8H3,(H,86,108)(H,87,102)(H,88,104)(H,89,101)(H,90,106)(H,91,105)(H,92,109)(H,93,103)(H,94,107)(H,95,99)(H,96,100)/t55-,56+,57+,64+,65-,66+,67+,68-,69+,72-,73-/m0/s1. The average molecular weight is 1500 g/mol. The van der Waals surface area contributed by atoms with Crippen molar-refractivity contribution in [1.29, 1.82) is 0 Å². The lowest BCUT2D eigenvalue weighted by atomic mass is 9.77. The Bertz CT molecular complexity index is 3760. The molecule has 0 unspecified atom stereocenters. The largest absolute Gasteiger partial charge is 0.391 e. The van der Waals surface area contributed by atoms with Gasteiger partial charge in [-0.2, -0.15) is 0 Å². The third-order valence-electron chi connectivity index (χ3n) is 19.3. The average Bonchev–Trinajstić information content (AvgIpc) is 0.759. The minimum absolute atomic E-state index is 0.00920. The van der Waals surface area contributed by atoms with E-state index in [2.05, 4.69) is 65.4 Å². The molecule has 1 aliphatic rings. The maximum absolute atomic E-state index is 15.8. The second-order valence-corrected chi connectivity index (χ2v) is 29.0. The Kier molecular flexibility index (Phi) is 33.2. The Morgan fingerprint density at radius 2 is 0.624 bits per heavy atom. The summed E-state index contributed by atoms with van der Waals surface area (Å²) >= 11 is 0. The lowest BCUT2D eigenvalue weighted by Gasteiger charge is -2.37. The van der Waals surface area contributed by atoms with Crippen molar-refractivity contribution in [2.24, 2.45) is 17.6 Å². The van der Waals surface area contributed by atoms with Crippen LogP contribution in [0.3, 0.4) is 0 Å². The summed E-state index contributed by atoms with van der Waals surface area (Å²) in [6, 6.07) is 39.2. The van der Waals surface area contributed by atoms with Gasteiger partial charge in [-0.25, -0.2) is 0 Å². The molecule has 1 saturated heterocycles. The number of nitrogens with two attached hydrogens (primary N) is 1. The number of benzene rings is 6. The molecule has 109 heavy (non-hydrogen) atoms. The van der Waals surface area contributed by atoms with Crippen molar-refractivity contribution < 1.29 is 63.0 Å². The number of nitrogens with one attached hydrogen (secondary N) is 11. The molecule has 1 fully saturated rings. The molecule has 25 heteroatoms. The van der Waals surface area contributed by atoms with E-state index in [0.717, 1.165) is 25.7 Å². The molecule has 6 aromatic rings. The molecule has 0 saturated carbocycles. The Hall–Kier alpha value is -10.6. The minimum atomic E-state index is -1.99. The van der Waals surface area contributed by atoms with E-state index in [4.69, 9.17) is 5.73 Å². The van der Waals surface area contributed by atoms with Crippen molar-refractivity contribution in [3.8, 4) is 0 Å². The third kappa shape index (κ3) is 24.2. The number of aliphatic hydroxyl groups is 2. The summed E-state index contributed by atoms with van der Waals surface area (Å²) in [5.74, 6) is -11.5. The highest BCUT2D eigenvalue weighted by Gasteiger charge is 2.44. The molecule has 1 aliphatic heterocycles. The van der Waals surface area contributed by atoms with E-state index >= 15 is 24.0 Å². The fourth-order valence-electron chi connectivity index (χ4n) is 13.6. The number of carbonyl (C=O) groups excluding carboxylic acids is 11. The molecule has 584 valence electrons. The minimum Gasteiger partial charge on any atom is -0.391 e. The fourth-order valence-corrected chi connectivity index (χ4v) is 13.6. The molecule has 0 bridgehead atoms. The predicted octanol–water partition coefficient (Wildman–Crippen LogP) is 5.72. The summed E-state index contributed by atoms with van der Waals surface area (Å²) in [4.78, 5) is 166. The van der Waals surface area contributed by atoms with Crippen LogP contribution >= 0.6 is 0 Å². The van der Waals surface area contributed by atoms with Gasteiger partial charge in [0.15, 0.2) is 0 Å². The van der Waals surface area contributed by atoms with E-state index in [-0.39, 0.29) is 44.6 Å². The molecule has 0 aromatic heterocycles. The number of carbonyl (C=O) groups is 11. The Balaban J connectivity index is 1.39. The number of rotatable bonds is 28. The van der Waals surface area contributed by atoms with Crippen LogP contribution in [0.25, 0.3) is 0 Å². The third-order valence-corrected chi connectivity index (χ3v) is 19.3. The molecule has 0 aliphatic carbocycles. The summed E-state index contributed by atoms with van der Waals surface area (Å²) in [5, 5.41) is 52.9. The molecule has 11 amide bonds. The van der Waals surface area contributed by atoms with Gasteiger partial charge in [0, 0.05) is 0 Å². The van der Waals surface area contributed by atoms with Crippen LogP contribution in [0.4, 0.5) is 0 Å². The maximum Gasteiger partial charge on any atom is 0.245 e. The van der Waals surface area contributed by atoms with Crippen molar-refractivity contribution in [3.63, 3.8) is 0 Å². The zero-order valence-corrected chi connectivity index (χ0v) is 63.7. The number of hydrogen-bond donors (Lipinski definition) is 14. The van der Waals surface area contributed by atoms with Crippen LogP contribution in [0.2, 0.25) is 0 Å². The van der Waals surface area contributed by atoms with Crippen molar-refractivity contribution >= 4 is 65.0 Å². The molecule has 1 heterocycles. The summed E-state index contributed by atoms with van der Waals surface area (Å²) in [6.07, 6.45) is -0.246. The van der Waals surface area contributed by atoms with Crippen molar-refractivity contribution in [2.45, 2.75) is 217 Å². The van der Waals surface area contributed by atoms with Gasteiger partial charge in [-0.05, 0) is 105 Å². The monoisotopic (exact) mass is 1490 g/mol. The van der Waals surface area contributed by atoms with Gasteiger partial charge in [0.05, 0.1) is 25.0 Å². The highest BCUT2D eigenvalue weighted by atomic mass is 16.3. The van der Waals surface area contributed by atoms with Crippen molar-refractivity contribution in [2.75, 3.05) is 6.54 Å². The van der Waals surface area contributed by atoms with Gasteiger partial charge in [-0.3, -0.25) is 52.7 Å². The van der Waals surface area contributed by atoms with E-state index in [1.165, 1.54) is 20.8 Å². The van der Waals surface area contributed by atoms with Crippen LogP contribution in [0.5, 0.6) is 0 Å². The first-order valence-electron chi connectivity index (χ1n) is 38.0. The van der Waals surface area contributed by atoms with Crippen LogP contribution in [0, 0.1) is 11.8 Å². The topological polar surface area (TPSA) is 387 Å². The maximum atomic E-state index is 15.8. The molecular weight excluding hydrogens is 1380 g/mol. The highest BCUT2D eigenvalue weighted by molar-refractivity contribution is 6.01. The summed E-state index contributed by atoms with van der Waals surface area (Å²) < 4.78 is 0. The smallest absolute Gasteiger partial charge is 0.245 e. The molecule has 25 nitrogen and oxygen atoms in total. The van der Waals surface area contributed by atoms with E-state index in [1.54, 1.807) is 119 Å². The van der Waals surface area contributed by atoms with Crippen LogP contribution in [0.1, 0.15) is 172 Å². The van der Waals surface area contributed by atoms with Gasteiger partial charge in [0.1, 0.15) is 65.5 Å². The van der Waals surface area contributed by atoms with Gasteiger partial charge in [0.2, 0.25) is 65.0 Å². The Morgan fingerprint density at radius 1 is 0.358 bits per heavy atom. The van der Waals surface area contributed by atoms with Crippen LogP contribution in [-0.4, -0.2) is 148 Å². The Labute approximate surface area is 639 Å². The predicted molar refractivity (Wildman–Crippen MR) is 416 cm³/mol. The van der Waals surface area contributed by atoms with Crippen LogP contribution in [-0.2, 0) is 63.8 Å². The summed E-state index contributed by atoms with van der Waals surface area (Å²) in [7, 11) is 0. The van der Waals surface area contributed by atoms with E-state index in [9.17, 15) is 39.0 Å². The first-order chi connectivity index (χ1) is 52.2. The molecule has 11 atom stereocenters. The zero-order chi connectivity index (χ0) is 79.2. The highest BCUT2D eigenvalue weighted by Crippen LogP contribution is 2.39. The fraction of sp³-hybridized carbons (Fsp3) is 0.440. The first kappa shape index (κ1) is 85.6. The van der Waals surface area contributed by atoms with Crippen molar-refractivity contribution in [3.05, 3.63) is 215 Å². The van der Waals surface area contributed by atoms with E-state index < -0.39 is 161 Å².